The Morgan fingerprint density at radius 3 is 2.44 bits per heavy atom. The smallest absolute Gasteiger partial charge is 0.253 e. The lowest BCUT2D eigenvalue weighted by Crippen LogP contribution is -2.15. The van der Waals surface area contributed by atoms with E-state index in [4.69, 9.17) is 5.73 Å². The van der Waals surface area contributed by atoms with E-state index in [0.717, 1.165) is 23.0 Å². The molecule has 0 radical (unpaired) electrons. The maximum Gasteiger partial charge on any atom is 0.253 e. The predicted molar refractivity (Wildman–Crippen MR) is 129 cm³/mol. The number of H-pyrrole nitrogens is 1. The van der Waals surface area contributed by atoms with Gasteiger partial charge in [0.25, 0.3) is 5.56 Å². The highest BCUT2D eigenvalue weighted by atomic mass is 32.2. The van der Waals surface area contributed by atoms with Crippen LogP contribution in [0, 0.1) is 0 Å². The average molecular weight is 450 g/mol. The standard InChI is InChI=1S/C23H23N5O3S/c1-28(2)18-10-3-15(4-11-18)5-12-19(29)16-6-8-17(9-7-16)25-22(31)14-32-23-26-20(24)13-21(30)27-23/h3-13H,14H2,1-2H3,(H,25,31)(H3,24,26,27,30)/b12-5+. The molecule has 32 heavy (non-hydrogen) atoms. The van der Waals surface area contributed by atoms with Gasteiger partial charge in [-0.05, 0) is 48.0 Å². The largest absolute Gasteiger partial charge is 0.383 e. The third-order valence-electron chi connectivity index (χ3n) is 4.37. The van der Waals surface area contributed by atoms with Gasteiger partial charge in [0, 0.05) is 37.1 Å². The van der Waals surface area contributed by atoms with Gasteiger partial charge in [0.2, 0.25) is 5.91 Å². The number of hydrogen-bond acceptors (Lipinski definition) is 7. The van der Waals surface area contributed by atoms with E-state index < -0.39 is 0 Å². The molecule has 0 atom stereocenters. The van der Waals surface area contributed by atoms with E-state index in [1.54, 1.807) is 30.3 Å². The van der Waals surface area contributed by atoms with Gasteiger partial charge in [-0.3, -0.25) is 14.4 Å². The van der Waals surface area contributed by atoms with Crippen LogP contribution in [0.2, 0.25) is 0 Å². The SMILES string of the molecule is CN(C)c1ccc(/C=C/C(=O)c2ccc(NC(=O)CSc3nc(N)cc(=O)[nH]3)cc2)cc1. The van der Waals surface area contributed by atoms with Gasteiger partial charge in [-0.15, -0.1) is 0 Å². The fourth-order valence-corrected chi connectivity index (χ4v) is 3.40. The number of aromatic nitrogens is 2. The zero-order valence-electron chi connectivity index (χ0n) is 17.7. The number of nitrogens with zero attached hydrogens (tertiary/aromatic N) is 2. The second-order valence-corrected chi connectivity index (χ2v) is 8.04. The van der Waals surface area contributed by atoms with Crippen molar-refractivity contribution in [1.29, 1.82) is 0 Å². The van der Waals surface area contributed by atoms with Gasteiger partial charge in [0.05, 0.1) is 5.75 Å². The number of ketones is 1. The van der Waals surface area contributed by atoms with Crippen LogP contribution in [0.15, 0.2) is 70.6 Å². The molecule has 2 aromatic carbocycles. The first-order valence-corrected chi connectivity index (χ1v) is 10.7. The number of hydrogen-bond donors (Lipinski definition) is 3. The molecular formula is C23H23N5O3S. The van der Waals surface area contributed by atoms with E-state index in [1.165, 1.54) is 12.1 Å². The molecule has 164 valence electrons. The third-order valence-corrected chi connectivity index (χ3v) is 5.24. The monoisotopic (exact) mass is 449 g/mol. The van der Waals surface area contributed by atoms with E-state index in [1.807, 2.05) is 43.3 Å². The zero-order chi connectivity index (χ0) is 23.1. The summed E-state index contributed by atoms with van der Waals surface area (Å²) < 4.78 is 0. The minimum atomic E-state index is -0.375. The fraction of sp³-hybridized carbons (Fsp3) is 0.130. The first kappa shape index (κ1) is 22.8. The maximum absolute atomic E-state index is 12.4. The molecule has 0 aliphatic rings. The van der Waals surface area contributed by atoms with Crippen molar-refractivity contribution in [2.75, 3.05) is 35.8 Å². The Hall–Kier alpha value is -3.85. The molecule has 0 aliphatic carbocycles. The van der Waals surface area contributed by atoms with E-state index in [0.29, 0.717) is 11.3 Å². The summed E-state index contributed by atoms with van der Waals surface area (Å²) in [5.74, 6) is -0.272. The van der Waals surface area contributed by atoms with Crippen molar-refractivity contribution in [3.8, 4) is 0 Å². The van der Waals surface area contributed by atoms with Crippen LogP contribution >= 0.6 is 11.8 Å². The lowest BCUT2D eigenvalue weighted by Gasteiger charge is -2.11. The number of anilines is 3. The number of carbonyl (C=O) groups excluding carboxylic acids is 2. The van der Waals surface area contributed by atoms with E-state index in [9.17, 15) is 14.4 Å². The average Bonchev–Trinajstić information content (AvgIpc) is 2.76. The number of carbonyl (C=O) groups is 2. The molecule has 3 aromatic rings. The van der Waals surface area contributed by atoms with E-state index in [-0.39, 0.29) is 34.0 Å². The third kappa shape index (κ3) is 6.58. The summed E-state index contributed by atoms with van der Waals surface area (Å²) in [5.41, 5.74) is 8.24. The second kappa shape index (κ2) is 10.5. The lowest BCUT2D eigenvalue weighted by atomic mass is 10.1. The number of benzene rings is 2. The van der Waals surface area contributed by atoms with Gasteiger partial charge >= 0.3 is 0 Å². The maximum atomic E-state index is 12.4. The van der Waals surface area contributed by atoms with Crippen LogP contribution in [0.3, 0.4) is 0 Å². The molecule has 0 aliphatic heterocycles. The quantitative estimate of drug-likeness (QED) is 0.209. The number of nitrogens with one attached hydrogen (secondary N) is 2. The Labute approximate surface area is 189 Å². The first-order chi connectivity index (χ1) is 15.3. The van der Waals surface area contributed by atoms with Gasteiger partial charge in [-0.25, -0.2) is 4.98 Å². The molecule has 9 heteroatoms. The highest BCUT2D eigenvalue weighted by molar-refractivity contribution is 7.99. The zero-order valence-corrected chi connectivity index (χ0v) is 18.5. The van der Waals surface area contributed by atoms with Crippen LogP contribution in [0.1, 0.15) is 15.9 Å². The number of amides is 1. The number of aromatic amines is 1. The molecule has 0 saturated carbocycles. The molecule has 0 spiro atoms. The van der Waals surface area contributed by atoms with Crippen LogP contribution in [0.25, 0.3) is 6.08 Å². The Bertz CT molecular complexity index is 1190. The molecule has 1 amide bonds. The second-order valence-electron chi connectivity index (χ2n) is 7.07. The minimum absolute atomic E-state index is 0.0441. The number of nitrogens with two attached hydrogens (primary N) is 1. The van der Waals surface area contributed by atoms with E-state index in [2.05, 4.69) is 15.3 Å². The Morgan fingerprint density at radius 2 is 1.81 bits per heavy atom. The summed E-state index contributed by atoms with van der Waals surface area (Å²) in [5, 5.41) is 3.01. The van der Waals surface area contributed by atoms with Crippen LogP contribution < -0.4 is 21.5 Å². The molecule has 4 N–H and O–H groups in total. The Balaban J connectivity index is 1.53. The Kier molecular flexibility index (Phi) is 7.45. The van der Waals surface area contributed by atoms with Crippen molar-refractivity contribution < 1.29 is 9.59 Å². The predicted octanol–water partition coefficient (Wildman–Crippen LogP) is 3.05. The van der Waals surface area contributed by atoms with Gasteiger partial charge in [0.15, 0.2) is 10.9 Å². The molecule has 1 heterocycles. The molecule has 0 unspecified atom stereocenters. The van der Waals surface area contributed by atoms with Crippen molar-refractivity contribution in [2.24, 2.45) is 0 Å². The topological polar surface area (TPSA) is 121 Å². The highest BCUT2D eigenvalue weighted by Gasteiger charge is 2.07. The summed E-state index contributed by atoms with van der Waals surface area (Å²) in [6.45, 7) is 0. The lowest BCUT2D eigenvalue weighted by molar-refractivity contribution is -0.113. The number of thioether (sulfide) groups is 1. The van der Waals surface area contributed by atoms with Crippen LogP contribution in [-0.4, -0.2) is 41.5 Å². The van der Waals surface area contributed by atoms with Crippen molar-refractivity contribution in [3.63, 3.8) is 0 Å². The minimum Gasteiger partial charge on any atom is -0.383 e. The molecular weight excluding hydrogens is 426 g/mol. The number of rotatable bonds is 8. The van der Waals surface area contributed by atoms with Gasteiger partial charge in [-0.2, -0.15) is 0 Å². The summed E-state index contributed by atoms with van der Waals surface area (Å²) in [6.07, 6.45) is 3.29. The number of nitrogen functional groups attached to an aromatic ring is 1. The van der Waals surface area contributed by atoms with Crippen LogP contribution in [0.4, 0.5) is 17.2 Å². The van der Waals surface area contributed by atoms with Gasteiger partial charge < -0.3 is 20.9 Å². The van der Waals surface area contributed by atoms with Gasteiger partial charge in [-0.1, -0.05) is 30.0 Å². The van der Waals surface area contributed by atoms with Crippen LogP contribution in [0.5, 0.6) is 0 Å². The molecule has 1 aromatic heterocycles. The molecule has 3 rings (SSSR count). The normalized spacial score (nSPS) is 10.8. The summed E-state index contributed by atoms with van der Waals surface area (Å²) in [7, 11) is 3.94. The first-order valence-electron chi connectivity index (χ1n) is 9.69. The van der Waals surface area contributed by atoms with Gasteiger partial charge in [0.1, 0.15) is 5.82 Å². The Morgan fingerprint density at radius 1 is 1.12 bits per heavy atom. The molecule has 0 fully saturated rings. The number of allylic oxidation sites excluding steroid dienone is 1. The summed E-state index contributed by atoms with van der Waals surface area (Å²) in [4.78, 5) is 44.4. The van der Waals surface area contributed by atoms with Crippen molar-refractivity contribution in [3.05, 3.63) is 82.2 Å². The highest BCUT2D eigenvalue weighted by Crippen LogP contribution is 2.16. The molecule has 8 nitrogen and oxygen atoms in total. The molecule has 0 bridgehead atoms. The fourth-order valence-electron chi connectivity index (χ4n) is 2.72. The van der Waals surface area contributed by atoms with Crippen molar-refractivity contribution in [2.45, 2.75) is 5.16 Å². The molecule has 0 saturated heterocycles. The van der Waals surface area contributed by atoms with Crippen molar-refractivity contribution >= 4 is 46.7 Å². The summed E-state index contributed by atoms with van der Waals surface area (Å²) in [6, 6.07) is 15.7. The van der Waals surface area contributed by atoms with E-state index >= 15 is 0 Å². The van der Waals surface area contributed by atoms with Crippen molar-refractivity contribution in [1.82, 2.24) is 9.97 Å². The van der Waals surface area contributed by atoms with Crippen LogP contribution in [-0.2, 0) is 4.79 Å². The summed E-state index contributed by atoms with van der Waals surface area (Å²) >= 11 is 1.07.